The second kappa shape index (κ2) is 6.49. The van der Waals surface area contributed by atoms with Crippen LogP contribution in [0.1, 0.15) is 59.8 Å². The Morgan fingerprint density at radius 3 is 3.10 bits per heavy atom. The first-order chi connectivity index (χ1) is 10.2. The fraction of sp³-hybridized carbons (Fsp3) is 0.706. The highest BCUT2D eigenvalue weighted by Gasteiger charge is 2.30. The lowest BCUT2D eigenvalue weighted by Gasteiger charge is -2.36. The van der Waals surface area contributed by atoms with E-state index in [1.54, 1.807) is 11.3 Å². The Morgan fingerprint density at radius 2 is 2.29 bits per heavy atom. The molecule has 1 aromatic heterocycles. The smallest absolute Gasteiger partial charge is 0.255 e. The second-order valence-corrected chi connectivity index (χ2v) is 7.52. The highest BCUT2D eigenvalue weighted by molar-refractivity contribution is 7.10. The van der Waals surface area contributed by atoms with Crippen molar-refractivity contribution in [2.24, 2.45) is 5.92 Å². The molecule has 21 heavy (non-hydrogen) atoms. The van der Waals surface area contributed by atoms with Gasteiger partial charge in [-0.1, -0.05) is 6.92 Å². The van der Waals surface area contributed by atoms with Gasteiger partial charge in [0.2, 0.25) is 0 Å². The van der Waals surface area contributed by atoms with Crippen molar-refractivity contribution in [1.82, 2.24) is 4.90 Å². The lowest BCUT2D eigenvalue weighted by molar-refractivity contribution is 0.0573. The quantitative estimate of drug-likeness (QED) is 0.931. The summed E-state index contributed by atoms with van der Waals surface area (Å²) in [7, 11) is 0. The third kappa shape index (κ3) is 3.02. The molecule has 0 bridgehead atoms. The van der Waals surface area contributed by atoms with Crippen LogP contribution < -0.4 is 0 Å². The van der Waals surface area contributed by atoms with E-state index in [4.69, 9.17) is 0 Å². The Morgan fingerprint density at radius 1 is 1.43 bits per heavy atom. The van der Waals surface area contributed by atoms with Gasteiger partial charge in [-0.3, -0.25) is 4.79 Å². The predicted molar refractivity (Wildman–Crippen MR) is 85.9 cm³/mol. The second-order valence-electron chi connectivity index (χ2n) is 6.56. The number of fused-ring (bicyclic) bond motifs is 1. The third-order valence-electron chi connectivity index (χ3n) is 4.98. The normalized spacial score (nSPS) is 25.7. The van der Waals surface area contributed by atoms with Gasteiger partial charge in [-0.25, -0.2) is 0 Å². The molecule has 0 saturated carbocycles. The van der Waals surface area contributed by atoms with Crippen molar-refractivity contribution in [3.05, 3.63) is 21.4 Å². The van der Waals surface area contributed by atoms with Crippen molar-refractivity contribution in [1.29, 1.82) is 0 Å². The van der Waals surface area contributed by atoms with Gasteiger partial charge >= 0.3 is 0 Å². The molecular formula is C17H25NO2S. The Bertz CT molecular complexity index is 509. The minimum atomic E-state index is 0.174. The number of thiophene rings is 1. The molecule has 1 fully saturated rings. The molecule has 1 aliphatic carbocycles. The molecule has 116 valence electrons. The van der Waals surface area contributed by atoms with Crippen LogP contribution in [-0.2, 0) is 12.8 Å². The van der Waals surface area contributed by atoms with Crippen LogP contribution in [0.5, 0.6) is 0 Å². The van der Waals surface area contributed by atoms with Crippen molar-refractivity contribution >= 4 is 17.2 Å². The van der Waals surface area contributed by atoms with E-state index in [9.17, 15) is 9.90 Å². The zero-order valence-corrected chi connectivity index (χ0v) is 13.6. The first-order valence-corrected chi connectivity index (χ1v) is 9.09. The summed E-state index contributed by atoms with van der Waals surface area (Å²) in [4.78, 5) is 16.4. The van der Waals surface area contributed by atoms with Crippen LogP contribution in [0.2, 0.25) is 0 Å². The molecule has 0 aromatic carbocycles. The first-order valence-electron chi connectivity index (χ1n) is 8.21. The van der Waals surface area contributed by atoms with Gasteiger partial charge in [0.15, 0.2) is 0 Å². The number of nitrogens with zero attached hydrogens (tertiary/aromatic N) is 1. The van der Waals surface area contributed by atoms with Crippen molar-refractivity contribution in [3.63, 3.8) is 0 Å². The minimum absolute atomic E-state index is 0.174. The Balaban J connectivity index is 1.81. The van der Waals surface area contributed by atoms with E-state index in [0.29, 0.717) is 0 Å². The topological polar surface area (TPSA) is 40.5 Å². The van der Waals surface area contributed by atoms with Crippen LogP contribution in [0.25, 0.3) is 0 Å². The molecule has 2 aliphatic rings. The number of aliphatic hydroxyl groups is 1. The molecule has 1 aromatic rings. The summed E-state index contributed by atoms with van der Waals surface area (Å²) in [6.07, 6.45) is 7.41. The predicted octanol–water partition coefficient (Wildman–Crippen LogP) is 3.25. The number of hydrogen-bond acceptors (Lipinski definition) is 3. The highest BCUT2D eigenvalue weighted by Crippen LogP contribution is 2.34. The van der Waals surface area contributed by atoms with Crippen LogP contribution in [-0.4, -0.2) is 35.1 Å². The van der Waals surface area contributed by atoms with Crippen LogP contribution in [0.3, 0.4) is 0 Å². The highest BCUT2D eigenvalue weighted by atomic mass is 32.1. The monoisotopic (exact) mass is 307 g/mol. The molecule has 1 aliphatic heterocycles. The van der Waals surface area contributed by atoms with Crippen molar-refractivity contribution in [3.8, 4) is 0 Å². The fourth-order valence-corrected chi connectivity index (χ4v) is 4.97. The number of hydrogen-bond donors (Lipinski definition) is 1. The Hall–Kier alpha value is -0.870. The van der Waals surface area contributed by atoms with Crippen LogP contribution in [0, 0.1) is 5.92 Å². The van der Waals surface area contributed by atoms with E-state index in [-0.39, 0.29) is 18.6 Å². The molecule has 1 saturated heterocycles. The van der Waals surface area contributed by atoms with Gasteiger partial charge in [0.1, 0.15) is 0 Å². The molecule has 3 rings (SSSR count). The van der Waals surface area contributed by atoms with E-state index in [0.717, 1.165) is 50.1 Å². The third-order valence-corrected chi connectivity index (χ3v) is 6.03. The molecule has 3 nitrogen and oxygen atoms in total. The number of carbonyl (C=O) groups excluding carboxylic acids is 1. The number of amides is 1. The van der Waals surface area contributed by atoms with Gasteiger partial charge in [-0.15, -0.1) is 11.3 Å². The largest absolute Gasteiger partial charge is 0.396 e. The molecule has 0 spiro atoms. The fourth-order valence-electron chi connectivity index (χ4n) is 3.73. The van der Waals surface area contributed by atoms with Gasteiger partial charge in [-0.05, 0) is 56.4 Å². The zero-order chi connectivity index (χ0) is 14.8. The van der Waals surface area contributed by atoms with Gasteiger partial charge in [0.05, 0.1) is 5.56 Å². The molecule has 1 amide bonds. The average molecular weight is 307 g/mol. The van der Waals surface area contributed by atoms with Crippen LogP contribution in [0.15, 0.2) is 5.38 Å². The summed E-state index contributed by atoms with van der Waals surface area (Å²) in [6.45, 7) is 3.32. The molecule has 4 heteroatoms. The Kier molecular flexibility index (Phi) is 4.65. The van der Waals surface area contributed by atoms with Gasteiger partial charge in [0.25, 0.3) is 5.91 Å². The van der Waals surface area contributed by atoms with Gasteiger partial charge in [0, 0.05) is 29.5 Å². The van der Waals surface area contributed by atoms with Crippen molar-refractivity contribution in [2.75, 3.05) is 13.2 Å². The molecule has 0 radical (unpaired) electrons. The summed E-state index contributed by atoms with van der Waals surface area (Å²) in [5, 5.41) is 11.3. The number of piperidine rings is 1. The summed E-state index contributed by atoms with van der Waals surface area (Å²) in [5.74, 6) is 0.955. The molecular weight excluding hydrogens is 282 g/mol. The molecule has 2 unspecified atom stereocenters. The zero-order valence-electron chi connectivity index (χ0n) is 12.8. The summed E-state index contributed by atoms with van der Waals surface area (Å²) >= 11 is 1.77. The standard InChI is InChI=1S/C17H25NO2S/c1-12-5-6-14-15(11-21-16(14)10-12)17(20)18-8-3-2-4-13(18)7-9-19/h11-13,19H,2-10H2,1H3. The van der Waals surface area contributed by atoms with E-state index in [1.807, 2.05) is 4.90 Å². The maximum absolute atomic E-state index is 13.0. The van der Waals surface area contributed by atoms with Crippen LogP contribution >= 0.6 is 11.3 Å². The summed E-state index contributed by atoms with van der Waals surface area (Å²) in [6, 6.07) is 0.231. The Labute approximate surface area is 131 Å². The van der Waals surface area contributed by atoms with Gasteiger partial charge in [-0.2, -0.15) is 0 Å². The van der Waals surface area contributed by atoms with Crippen molar-refractivity contribution < 1.29 is 9.90 Å². The maximum atomic E-state index is 13.0. The lowest BCUT2D eigenvalue weighted by Crippen LogP contribution is -2.44. The van der Waals surface area contributed by atoms with E-state index in [2.05, 4.69) is 12.3 Å². The number of likely N-dealkylation sites (tertiary alicyclic amines) is 1. The first kappa shape index (κ1) is 15.0. The van der Waals surface area contributed by atoms with Crippen LogP contribution in [0.4, 0.5) is 0 Å². The number of rotatable bonds is 3. The van der Waals surface area contributed by atoms with Gasteiger partial charge < -0.3 is 10.0 Å². The number of carbonyl (C=O) groups is 1. The lowest BCUT2D eigenvalue weighted by atomic mass is 9.88. The van der Waals surface area contributed by atoms with Crippen molar-refractivity contribution in [2.45, 2.75) is 57.9 Å². The molecule has 1 N–H and O–H groups in total. The maximum Gasteiger partial charge on any atom is 0.255 e. The van der Waals surface area contributed by atoms with E-state index < -0.39 is 0 Å². The number of aliphatic hydroxyl groups excluding tert-OH is 1. The summed E-state index contributed by atoms with van der Waals surface area (Å²) < 4.78 is 0. The minimum Gasteiger partial charge on any atom is -0.396 e. The molecule has 2 atom stereocenters. The summed E-state index contributed by atoms with van der Waals surface area (Å²) in [5.41, 5.74) is 2.27. The van der Waals surface area contributed by atoms with E-state index in [1.165, 1.54) is 23.3 Å². The van der Waals surface area contributed by atoms with E-state index >= 15 is 0 Å². The average Bonchev–Trinajstić information content (AvgIpc) is 2.90. The molecule has 2 heterocycles. The SMILES string of the molecule is CC1CCc2c(C(=O)N3CCCCC3CCO)csc2C1.